The quantitative estimate of drug-likeness (QED) is 0.787. The minimum atomic E-state index is -0.608. The first-order valence-corrected chi connectivity index (χ1v) is 9.38. The van der Waals surface area contributed by atoms with Crippen LogP contribution in [0.4, 0.5) is 5.82 Å². The predicted molar refractivity (Wildman–Crippen MR) is 102 cm³/mol. The molecule has 0 saturated carbocycles. The molecular weight excluding hydrogens is 328 g/mol. The first-order chi connectivity index (χ1) is 12.7. The van der Waals surface area contributed by atoms with E-state index in [4.69, 9.17) is 0 Å². The highest BCUT2D eigenvalue weighted by atomic mass is 16.2. The lowest BCUT2D eigenvalue weighted by atomic mass is 9.87. The average Bonchev–Trinajstić information content (AvgIpc) is 3.24. The second-order valence-electron chi connectivity index (χ2n) is 6.61. The van der Waals surface area contributed by atoms with Crippen molar-refractivity contribution in [1.29, 1.82) is 0 Å². The van der Waals surface area contributed by atoms with Gasteiger partial charge >= 0.3 is 0 Å². The van der Waals surface area contributed by atoms with Gasteiger partial charge in [-0.25, -0.2) is 4.98 Å². The Labute approximate surface area is 154 Å². The van der Waals surface area contributed by atoms with Gasteiger partial charge in [0.2, 0.25) is 5.91 Å². The third kappa shape index (κ3) is 3.72. The van der Waals surface area contributed by atoms with E-state index >= 15 is 0 Å². The number of hydrogen-bond donors (Lipinski definition) is 2. The maximum absolute atomic E-state index is 13.0. The Bertz CT molecular complexity index is 687. The summed E-state index contributed by atoms with van der Waals surface area (Å²) in [5.74, 6) is 0.993. The van der Waals surface area contributed by atoms with Crippen LogP contribution in [-0.2, 0) is 16.9 Å². The van der Waals surface area contributed by atoms with Crippen molar-refractivity contribution in [2.75, 3.05) is 31.1 Å². The van der Waals surface area contributed by atoms with Gasteiger partial charge in [0.1, 0.15) is 11.4 Å². The maximum Gasteiger partial charge on any atom is 0.248 e. The van der Waals surface area contributed by atoms with E-state index in [2.05, 4.69) is 39.5 Å². The van der Waals surface area contributed by atoms with E-state index in [9.17, 15) is 4.79 Å². The summed E-state index contributed by atoms with van der Waals surface area (Å²) in [5.41, 5.74) is 0.391. The van der Waals surface area contributed by atoms with Crippen LogP contribution in [0.15, 0.2) is 36.8 Å². The number of piperidine rings is 1. The SMILES string of the molecule is CCN(CC)c1ccc(CNC(=O)C2(n3cccn3)CCNCC2)cn1. The van der Waals surface area contributed by atoms with Gasteiger partial charge in [0, 0.05) is 38.2 Å². The van der Waals surface area contributed by atoms with E-state index in [1.807, 2.05) is 35.3 Å². The van der Waals surface area contributed by atoms with E-state index in [1.54, 1.807) is 6.20 Å². The highest BCUT2D eigenvalue weighted by Gasteiger charge is 2.41. The number of carbonyl (C=O) groups is 1. The summed E-state index contributed by atoms with van der Waals surface area (Å²) in [6, 6.07) is 5.92. The van der Waals surface area contributed by atoms with Crippen molar-refractivity contribution in [2.24, 2.45) is 0 Å². The van der Waals surface area contributed by atoms with Crippen LogP contribution < -0.4 is 15.5 Å². The summed E-state index contributed by atoms with van der Waals surface area (Å²) in [5, 5.41) is 10.8. The fourth-order valence-corrected chi connectivity index (χ4v) is 3.53. The first kappa shape index (κ1) is 18.4. The molecule has 1 fully saturated rings. The molecule has 3 rings (SSSR count). The molecule has 1 saturated heterocycles. The second-order valence-corrected chi connectivity index (χ2v) is 6.61. The topological polar surface area (TPSA) is 75.1 Å². The lowest BCUT2D eigenvalue weighted by Crippen LogP contribution is -2.54. The first-order valence-electron chi connectivity index (χ1n) is 9.38. The van der Waals surface area contributed by atoms with E-state index in [1.165, 1.54) is 0 Å². The summed E-state index contributed by atoms with van der Waals surface area (Å²) >= 11 is 0. The minimum Gasteiger partial charge on any atom is -0.357 e. The van der Waals surface area contributed by atoms with E-state index in [0.717, 1.165) is 50.4 Å². The molecule has 2 aromatic rings. The normalized spacial score (nSPS) is 16.2. The number of pyridine rings is 1. The molecule has 0 spiro atoms. The van der Waals surface area contributed by atoms with E-state index in [0.29, 0.717) is 6.54 Å². The van der Waals surface area contributed by atoms with Crippen LogP contribution >= 0.6 is 0 Å². The number of rotatable bonds is 7. The summed E-state index contributed by atoms with van der Waals surface area (Å²) < 4.78 is 1.81. The van der Waals surface area contributed by atoms with Crippen LogP contribution in [0.2, 0.25) is 0 Å². The van der Waals surface area contributed by atoms with Crippen LogP contribution in [-0.4, -0.2) is 46.9 Å². The molecule has 7 nitrogen and oxygen atoms in total. The Morgan fingerprint density at radius 3 is 2.65 bits per heavy atom. The summed E-state index contributed by atoms with van der Waals surface area (Å²) in [6.07, 6.45) is 6.93. The zero-order valence-corrected chi connectivity index (χ0v) is 15.6. The molecule has 1 aliphatic rings. The number of amides is 1. The largest absolute Gasteiger partial charge is 0.357 e. The highest BCUT2D eigenvalue weighted by molar-refractivity contribution is 5.84. The molecule has 2 aromatic heterocycles. The standard InChI is InChI=1S/C19H28N6O/c1-3-24(4-2)17-7-6-16(14-21-17)15-22-18(26)19(8-11-20-12-9-19)25-13-5-10-23-25/h5-7,10,13-14,20H,3-4,8-9,11-12,15H2,1-2H3,(H,22,26). The Kier molecular flexibility index (Phi) is 5.88. The molecule has 0 atom stereocenters. The summed E-state index contributed by atoms with van der Waals surface area (Å²) in [6.45, 7) is 8.20. The van der Waals surface area contributed by atoms with Crippen molar-refractivity contribution >= 4 is 11.7 Å². The highest BCUT2D eigenvalue weighted by Crippen LogP contribution is 2.27. The Morgan fingerprint density at radius 2 is 2.08 bits per heavy atom. The van der Waals surface area contributed by atoms with Crippen LogP contribution in [0.5, 0.6) is 0 Å². The summed E-state index contributed by atoms with van der Waals surface area (Å²) in [4.78, 5) is 19.8. The van der Waals surface area contributed by atoms with Crippen LogP contribution in [0.1, 0.15) is 32.3 Å². The molecule has 0 bridgehead atoms. The van der Waals surface area contributed by atoms with Gasteiger partial charge in [-0.1, -0.05) is 6.07 Å². The number of anilines is 1. The molecule has 3 heterocycles. The fraction of sp³-hybridized carbons (Fsp3) is 0.526. The van der Waals surface area contributed by atoms with Crippen LogP contribution in [0, 0.1) is 0 Å². The van der Waals surface area contributed by atoms with Gasteiger partial charge < -0.3 is 15.5 Å². The van der Waals surface area contributed by atoms with Gasteiger partial charge in [0.25, 0.3) is 0 Å². The van der Waals surface area contributed by atoms with Crippen molar-refractivity contribution < 1.29 is 4.79 Å². The van der Waals surface area contributed by atoms with Crippen LogP contribution in [0.3, 0.4) is 0 Å². The molecule has 1 aliphatic heterocycles. The predicted octanol–water partition coefficient (Wildman–Crippen LogP) is 1.52. The lowest BCUT2D eigenvalue weighted by molar-refractivity contribution is -0.132. The lowest BCUT2D eigenvalue weighted by Gasteiger charge is -2.36. The number of nitrogens with one attached hydrogen (secondary N) is 2. The van der Waals surface area contributed by atoms with Gasteiger partial charge in [-0.2, -0.15) is 5.10 Å². The molecule has 7 heteroatoms. The molecule has 1 amide bonds. The van der Waals surface area contributed by atoms with E-state index in [-0.39, 0.29) is 5.91 Å². The number of aromatic nitrogens is 3. The summed E-state index contributed by atoms with van der Waals surface area (Å²) in [7, 11) is 0. The van der Waals surface area contributed by atoms with Crippen molar-refractivity contribution in [3.05, 3.63) is 42.4 Å². The van der Waals surface area contributed by atoms with Gasteiger partial charge in [0.15, 0.2) is 0 Å². The van der Waals surface area contributed by atoms with Gasteiger partial charge in [0.05, 0.1) is 0 Å². The number of nitrogens with zero attached hydrogens (tertiary/aromatic N) is 4. The van der Waals surface area contributed by atoms with Gasteiger partial charge in [-0.15, -0.1) is 0 Å². The zero-order chi connectivity index (χ0) is 18.4. The van der Waals surface area contributed by atoms with Crippen LogP contribution in [0.25, 0.3) is 0 Å². The fourth-order valence-electron chi connectivity index (χ4n) is 3.53. The molecule has 0 aromatic carbocycles. The molecule has 0 unspecified atom stereocenters. The maximum atomic E-state index is 13.0. The molecule has 0 aliphatic carbocycles. The third-order valence-electron chi connectivity index (χ3n) is 5.15. The Morgan fingerprint density at radius 1 is 1.31 bits per heavy atom. The van der Waals surface area contributed by atoms with Crippen molar-refractivity contribution in [3.8, 4) is 0 Å². The number of carbonyl (C=O) groups excluding carboxylic acids is 1. The average molecular weight is 356 g/mol. The monoisotopic (exact) mass is 356 g/mol. The smallest absolute Gasteiger partial charge is 0.248 e. The van der Waals surface area contributed by atoms with Crippen molar-refractivity contribution in [1.82, 2.24) is 25.4 Å². The van der Waals surface area contributed by atoms with Crippen molar-refractivity contribution in [3.63, 3.8) is 0 Å². The molecular formula is C19H28N6O. The zero-order valence-electron chi connectivity index (χ0n) is 15.6. The minimum absolute atomic E-state index is 0.0236. The van der Waals surface area contributed by atoms with Gasteiger partial charge in [-0.3, -0.25) is 9.48 Å². The Hall–Kier alpha value is -2.41. The Balaban J connectivity index is 1.67. The van der Waals surface area contributed by atoms with E-state index < -0.39 is 5.54 Å². The molecule has 2 N–H and O–H groups in total. The molecule has 26 heavy (non-hydrogen) atoms. The van der Waals surface area contributed by atoms with Gasteiger partial charge in [-0.05, 0) is 57.5 Å². The molecule has 0 radical (unpaired) electrons. The van der Waals surface area contributed by atoms with Crippen molar-refractivity contribution in [2.45, 2.75) is 38.8 Å². The molecule has 140 valence electrons. The number of hydrogen-bond acceptors (Lipinski definition) is 5. The second kappa shape index (κ2) is 8.31. The third-order valence-corrected chi connectivity index (χ3v) is 5.15.